The zero-order valence-electron chi connectivity index (χ0n) is 15.5. The van der Waals surface area contributed by atoms with Crippen molar-refractivity contribution in [1.82, 2.24) is 14.3 Å². The molecule has 2 fully saturated rings. The summed E-state index contributed by atoms with van der Waals surface area (Å²) in [6.07, 6.45) is 2.48. The number of carbonyl (C=O) groups is 1. The first kappa shape index (κ1) is 17.9. The minimum absolute atomic E-state index is 0.0361. The minimum Gasteiger partial charge on any atom is -0.310 e. The van der Waals surface area contributed by atoms with Crippen molar-refractivity contribution in [3.63, 3.8) is 0 Å². The lowest BCUT2D eigenvalue weighted by Crippen LogP contribution is -2.48. The summed E-state index contributed by atoms with van der Waals surface area (Å²) in [6.45, 7) is 6.13. The number of ketones is 1. The molecule has 2 unspecified atom stereocenters. The summed E-state index contributed by atoms with van der Waals surface area (Å²) < 4.78 is 27.7. The highest BCUT2D eigenvalue weighted by Crippen LogP contribution is 2.64. The fraction of sp³-hybridized carbons (Fsp3) is 0.722. The summed E-state index contributed by atoms with van der Waals surface area (Å²) in [4.78, 5) is 31.9. The van der Waals surface area contributed by atoms with E-state index in [1.807, 2.05) is 13.8 Å². The summed E-state index contributed by atoms with van der Waals surface area (Å²) in [5.41, 5.74) is -0.252. The van der Waals surface area contributed by atoms with Gasteiger partial charge in [0.2, 0.25) is 10.0 Å². The fourth-order valence-corrected chi connectivity index (χ4v) is 7.45. The Morgan fingerprint density at radius 2 is 2.04 bits per heavy atom. The van der Waals surface area contributed by atoms with Crippen molar-refractivity contribution in [3.8, 4) is 0 Å². The molecule has 3 aliphatic rings. The molecule has 0 amide bonds. The van der Waals surface area contributed by atoms with Crippen LogP contribution in [-0.4, -0.2) is 40.8 Å². The lowest BCUT2D eigenvalue weighted by molar-refractivity contribution is -0.128. The summed E-state index contributed by atoms with van der Waals surface area (Å²) >= 11 is 0. The second-order valence-electron chi connectivity index (χ2n) is 8.58. The number of aryl methyl sites for hydroxylation is 1. The number of aromatic nitrogens is 2. The van der Waals surface area contributed by atoms with Crippen molar-refractivity contribution in [2.45, 2.75) is 53.0 Å². The maximum Gasteiger partial charge on any atom is 0.255 e. The van der Waals surface area contributed by atoms with Gasteiger partial charge in [0.25, 0.3) is 5.56 Å². The van der Waals surface area contributed by atoms with Crippen molar-refractivity contribution >= 4 is 15.8 Å². The molecular formula is C18H25N3O4S. The minimum atomic E-state index is -3.65. The summed E-state index contributed by atoms with van der Waals surface area (Å²) in [5, 5.41) is 0. The number of rotatable bonds is 3. The Morgan fingerprint density at radius 1 is 1.31 bits per heavy atom. The molecule has 7 nitrogen and oxygen atoms in total. The van der Waals surface area contributed by atoms with Crippen LogP contribution in [0.1, 0.15) is 50.2 Å². The van der Waals surface area contributed by atoms with Gasteiger partial charge < -0.3 is 4.98 Å². The molecule has 1 aliphatic heterocycles. The van der Waals surface area contributed by atoms with Gasteiger partial charge in [0, 0.05) is 31.3 Å². The molecule has 1 N–H and O–H groups in total. The molecule has 2 aliphatic carbocycles. The van der Waals surface area contributed by atoms with E-state index >= 15 is 0 Å². The number of sulfonamides is 1. The first-order valence-corrected chi connectivity index (χ1v) is 10.8. The van der Waals surface area contributed by atoms with Gasteiger partial charge >= 0.3 is 0 Å². The number of Topliss-reactive ketones (excluding diaryl/α,β-unsaturated/α-hetero) is 1. The lowest BCUT2D eigenvalue weighted by atomic mass is 9.70. The fourth-order valence-electron chi connectivity index (χ4n) is 5.27. The number of H-pyrrole nitrogens is 1. The maximum absolute atomic E-state index is 13.2. The van der Waals surface area contributed by atoms with Crippen LogP contribution in [0.25, 0.3) is 0 Å². The predicted molar refractivity (Wildman–Crippen MR) is 96.1 cm³/mol. The zero-order chi connectivity index (χ0) is 18.9. The molecule has 0 saturated heterocycles. The van der Waals surface area contributed by atoms with Crippen molar-refractivity contribution in [1.29, 1.82) is 0 Å². The molecule has 2 bridgehead atoms. The van der Waals surface area contributed by atoms with Gasteiger partial charge in [0.05, 0.1) is 17.0 Å². The molecule has 1 aromatic heterocycles. The van der Waals surface area contributed by atoms with Crippen LogP contribution in [0.15, 0.2) is 4.79 Å². The summed E-state index contributed by atoms with van der Waals surface area (Å²) in [7, 11) is -3.65. The van der Waals surface area contributed by atoms with Gasteiger partial charge in [-0.2, -0.15) is 4.31 Å². The van der Waals surface area contributed by atoms with E-state index in [2.05, 4.69) is 9.97 Å². The van der Waals surface area contributed by atoms with E-state index in [4.69, 9.17) is 0 Å². The van der Waals surface area contributed by atoms with Crippen LogP contribution < -0.4 is 5.56 Å². The van der Waals surface area contributed by atoms with Gasteiger partial charge in [0.15, 0.2) is 0 Å². The van der Waals surface area contributed by atoms with Crippen LogP contribution in [0.4, 0.5) is 0 Å². The van der Waals surface area contributed by atoms with Crippen molar-refractivity contribution < 1.29 is 13.2 Å². The smallest absolute Gasteiger partial charge is 0.255 e. The van der Waals surface area contributed by atoms with E-state index < -0.39 is 15.4 Å². The Morgan fingerprint density at radius 3 is 2.65 bits per heavy atom. The highest BCUT2D eigenvalue weighted by molar-refractivity contribution is 7.89. The van der Waals surface area contributed by atoms with E-state index in [0.717, 1.165) is 6.42 Å². The van der Waals surface area contributed by atoms with Gasteiger partial charge in [-0.15, -0.1) is 0 Å². The van der Waals surface area contributed by atoms with Gasteiger partial charge in [-0.1, -0.05) is 13.8 Å². The number of hydrogen-bond donors (Lipinski definition) is 1. The van der Waals surface area contributed by atoms with Crippen molar-refractivity contribution in [2.75, 3.05) is 12.3 Å². The molecular weight excluding hydrogens is 354 g/mol. The van der Waals surface area contributed by atoms with Crippen molar-refractivity contribution in [3.05, 3.63) is 27.4 Å². The Bertz CT molecular complexity index is 950. The third-order valence-corrected chi connectivity index (χ3v) is 9.07. The molecule has 26 heavy (non-hydrogen) atoms. The first-order valence-electron chi connectivity index (χ1n) is 9.17. The molecule has 2 saturated carbocycles. The second-order valence-corrected chi connectivity index (χ2v) is 10.6. The average molecular weight is 379 g/mol. The van der Waals surface area contributed by atoms with E-state index in [-0.39, 0.29) is 35.0 Å². The Labute approximate surface area is 153 Å². The third-order valence-electron chi connectivity index (χ3n) is 7.11. The zero-order valence-corrected chi connectivity index (χ0v) is 16.3. The van der Waals surface area contributed by atoms with E-state index in [1.54, 1.807) is 6.92 Å². The van der Waals surface area contributed by atoms with Gasteiger partial charge in [0.1, 0.15) is 11.6 Å². The lowest BCUT2D eigenvalue weighted by Gasteiger charge is -2.38. The predicted octanol–water partition coefficient (Wildman–Crippen LogP) is 1.16. The van der Waals surface area contributed by atoms with Crippen LogP contribution in [-0.2, 0) is 27.8 Å². The molecule has 2 heterocycles. The van der Waals surface area contributed by atoms with Crippen LogP contribution >= 0.6 is 0 Å². The SMILES string of the molecule is Cc1nc2c(c(=O)[nH]1)CN(S(=O)(=O)CC13CCC(CC1=O)C3(C)C)CC2. The number of fused-ring (bicyclic) bond motifs is 3. The quantitative estimate of drug-likeness (QED) is 0.849. The molecule has 0 aromatic carbocycles. The largest absolute Gasteiger partial charge is 0.310 e. The highest BCUT2D eigenvalue weighted by Gasteiger charge is 2.65. The molecule has 1 aromatic rings. The molecule has 8 heteroatoms. The summed E-state index contributed by atoms with van der Waals surface area (Å²) in [5.74, 6) is 0.769. The van der Waals surface area contributed by atoms with E-state index in [9.17, 15) is 18.0 Å². The normalized spacial score (nSPS) is 30.6. The van der Waals surface area contributed by atoms with E-state index in [1.165, 1.54) is 4.31 Å². The highest BCUT2D eigenvalue weighted by atomic mass is 32.2. The molecule has 142 valence electrons. The maximum atomic E-state index is 13.2. The Hall–Kier alpha value is -1.54. The first-order chi connectivity index (χ1) is 12.1. The Kier molecular flexibility index (Phi) is 3.76. The molecule has 4 rings (SSSR count). The van der Waals surface area contributed by atoms with Gasteiger partial charge in [-0.3, -0.25) is 9.59 Å². The molecule has 0 spiro atoms. The van der Waals surface area contributed by atoms with Gasteiger partial charge in [-0.25, -0.2) is 13.4 Å². The monoisotopic (exact) mass is 379 g/mol. The number of hydrogen-bond acceptors (Lipinski definition) is 5. The van der Waals surface area contributed by atoms with Crippen molar-refractivity contribution in [2.24, 2.45) is 16.7 Å². The Balaban J connectivity index is 1.64. The average Bonchev–Trinajstić information content (AvgIpc) is 2.88. The number of nitrogens with one attached hydrogen (secondary N) is 1. The van der Waals surface area contributed by atoms with Crippen LogP contribution in [0.5, 0.6) is 0 Å². The van der Waals surface area contributed by atoms with Crippen LogP contribution in [0, 0.1) is 23.7 Å². The van der Waals surface area contributed by atoms with Crippen LogP contribution in [0.3, 0.4) is 0 Å². The number of aromatic amines is 1. The number of nitrogens with zero attached hydrogens (tertiary/aromatic N) is 2. The number of carbonyl (C=O) groups excluding carboxylic acids is 1. The summed E-state index contributed by atoms with van der Waals surface area (Å²) in [6, 6.07) is 0. The standard InChI is InChI=1S/C18H25N3O4S/c1-11-19-14-5-7-21(9-13(14)16(23)20-11)26(24,25)10-18-6-4-12(8-15(18)22)17(18,2)3/h12H,4-10H2,1-3H3,(H,19,20,23). The third kappa shape index (κ3) is 2.34. The van der Waals surface area contributed by atoms with Gasteiger partial charge in [-0.05, 0) is 31.1 Å². The van der Waals surface area contributed by atoms with E-state index in [0.29, 0.717) is 42.9 Å². The van der Waals surface area contributed by atoms with Crippen LogP contribution in [0.2, 0.25) is 0 Å². The second kappa shape index (κ2) is 5.48. The topological polar surface area (TPSA) is 100 Å². The molecule has 0 radical (unpaired) electrons. The molecule has 2 atom stereocenters.